The van der Waals surface area contributed by atoms with Crippen LogP contribution in [0.25, 0.3) is 32.9 Å². The first-order chi connectivity index (χ1) is 13.7. The summed E-state index contributed by atoms with van der Waals surface area (Å²) in [5, 5.41) is 1.32. The van der Waals surface area contributed by atoms with Crippen molar-refractivity contribution in [2.24, 2.45) is 0 Å². The quantitative estimate of drug-likeness (QED) is 0.485. The molecule has 0 fully saturated rings. The van der Waals surface area contributed by atoms with E-state index in [9.17, 15) is 14.0 Å². The molecule has 0 unspecified atom stereocenters. The molecule has 0 saturated carbocycles. The summed E-state index contributed by atoms with van der Waals surface area (Å²) in [5.41, 5.74) is 6.98. The highest BCUT2D eigenvalue weighted by Crippen LogP contribution is 2.40. The molecule has 3 aromatic carbocycles. The predicted octanol–water partition coefficient (Wildman–Crippen LogP) is 2.56. The molecular weight excluding hydrogens is 390 g/mol. The second-order valence-corrected chi connectivity index (χ2v) is 8.19. The number of hydrogen-bond donors (Lipinski definition) is 0. The van der Waals surface area contributed by atoms with Crippen LogP contribution in [0.3, 0.4) is 0 Å². The van der Waals surface area contributed by atoms with Gasteiger partial charge >= 0.3 is 5.75 Å². The molecule has 0 radical (unpaired) electrons. The summed E-state index contributed by atoms with van der Waals surface area (Å²) >= 11 is 0. The van der Waals surface area contributed by atoms with Crippen LogP contribution < -0.4 is 18.3 Å². The molecule has 1 aromatic heterocycles. The van der Waals surface area contributed by atoms with Crippen molar-refractivity contribution in [2.45, 2.75) is 27.7 Å². The molecule has 4 aromatic rings. The Bertz CT molecular complexity index is 1260. The van der Waals surface area contributed by atoms with Crippen molar-refractivity contribution < 1.29 is 28.5 Å². The van der Waals surface area contributed by atoms with Crippen LogP contribution in [-0.2, 0) is 0 Å². The summed E-state index contributed by atoms with van der Waals surface area (Å²) < 4.78 is 39.5. The normalized spacial score (nSPS) is 12.0. The van der Waals surface area contributed by atoms with E-state index in [1.165, 1.54) is 0 Å². The zero-order valence-electron chi connectivity index (χ0n) is 16.6. The van der Waals surface area contributed by atoms with Crippen molar-refractivity contribution >= 4 is 21.8 Å². The van der Waals surface area contributed by atoms with E-state index in [1.54, 1.807) is 6.07 Å². The average Bonchev–Trinajstić information content (AvgIpc) is 2.65. The summed E-state index contributed by atoms with van der Waals surface area (Å²) in [6.45, 7) is 7.96. The van der Waals surface area contributed by atoms with Crippen molar-refractivity contribution in [1.82, 2.24) is 4.98 Å². The molecular formula is C23H20ClNO4. The Morgan fingerprint density at radius 1 is 0.793 bits per heavy atom. The molecule has 0 aliphatic carbocycles. The molecule has 0 N–H and O–H groups in total. The molecule has 6 heteroatoms. The molecule has 0 aliphatic heterocycles. The minimum absolute atomic E-state index is 0.00132. The Hall–Kier alpha value is -2.70. The lowest BCUT2D eigenvalue weighted by Crippen LogP contribution is -2.63. The number of aryl methyl sites for hydroxylation is 2. The van der Waals surface area contributed by atoms with Gasteiger partial charge in [0.15, 0.2) is 0 Å². The van der Waals surface area contributed by atoms with E-state index >= 15 is 0 Å². The van der Waals surface area contributed by atoms with E-state index in [0.29, 0.717) is 16.5 Å². The van der Waals surface area contributed by atoms with Crippen LogP contribution in [-0.4, -0.2) is 4.98 Å². The maximum atomic E-state index is 11.5. The zero-order chi connectivity index (χ0) is 20.9. The first kappa shape index (κ1) is 19.6. The molecule has 0 spiro atoms. The van der Waals surface area contributed by atoms with Gasteiger partial charge in [-0.1, -0.05) is 34.6 Å². The molecule has 0 amide bonds. The van der Waals surface area contributed by atoms with Crippen molar-refractivity contribution in [3.05, 3.63) is 70.8 Å². The molecule has 148 valence electrons. The Morgan fingerprint density at radius 2 is 1.52 bits per heavy atom. The molecule has 29 heavy (non-hydrogen) atoms. The molecule has 0 atom stereocenters. The van der Waals surface area contributed by atoms with Crippen LogP contribution in [0.1, 0.15) is 22.3 Å². The van der Waals surface area contributed by atoms with Gasteiger partial charge in [0.25, 0.3) is 0 Å². The highest BCUT2D eigenvalue weighted by molar-refractivity contribution is 6.00. The number of halogens is 1. The fourth-order valence-electron chi connectivity index (χ4n) is 3.69. The van der Waals surface area contributed by atoms with Gasteiger partial charge in [0.2, 0.25) is 0 Å². The summed E-state index contributed by atoms with van der Waals surface area (Å²) in [7, 11) is -4.67. The summed E-state index contributed by atoms with van der Waals surface area (Å²) in [6.07, 6.45) is 0. The highest BCUT2D eigenvalue weighted by atomic mass is 35.7. The van der Waals surface area contributed by atoms with Gasteiger partial charge in [0, 0.05) is 10.9 Å². The molecule has 5 nitrogen and oxygen atoms in total. The van der Waals surface area contributed by atoms with Crippen molar-refractivity contribution in [3.63, 3.8) is 0 Å². The molecule has 0 aliphatic rings. The standard InChI is InChI=1S/C23H20ClNO4/c1-13-8-9-18(16(4)15(13)3)19-10-11-21-20(23(19)29-24(26,27)28)12-17-7-5-6-14(2)22(17)25-21/h5-12H,1-4H3. The van der Waals surface area contributed by atoms with E-state index in [1.807, 2.05) is 70.2 Å². The Balaban J connectivity index is 2.08. The first-order valence-corrected chi connectivity index (χ1v) is 10.4. The lowest BCUT2D eigenvalue weighted by molar-refractivity contribution is -1.91. The Morgan fingerprint density at radius 3 is 2.24 bits per heavy atom. The number of fused-ring (bicyclic) bond motifs is 2. The largest absolute Gasteiger partial charge is 0.305 e. The van der Waals surface area contributed by atoms with Crippen LogP contribution in [0.5, 0.6) is 5.75 Å². The van der Waals surface area contributed by atoms with Gasteiger partial charge in [-0.05, 0) is 73.7 Å². The zero-order valence-corrected chi connectivity index (χ0v) is 17.3. The van der Waals surface area contributed by atoms with E-state index in [4.69, 9.17) is 4.29 Å². The van der Waals surface area contributed by atoms with Gasteiger partial charge in [-0.3, -0.25) is 0 Å². The number of para-hydroxylation sites is 1. The van der Waals surface area contributed by atoms with Gasteiger partial charge < -0.3 is 0 Å². The van der Waals surface area contributed by atoms with Crippen LogP contribution in [0.15, 0.2) is 48.5 Å². The van der Waals surface area contributed by atoms with Crippen molar-refractivity contribution in [1.29, 1.82) is 0 Å². The van der Waals surface area contributed by atoms with Crippen LogP contribution in [0.4, 0.5) is 0 Å². The van der Waals surface area contributed by atoms with Crippen LogP contribution >= 0.6 is 0 Å². The maximum absolute atomic E-state index is 11.5. The number of hydrogen-bond acceptors (Lipinski definition) is 5. The van der Waals surface area contributed by atoms with Gasteiger partial charge in [-0.2, -0.15) is 14.0 Å². The number of pyridine rings is 1. The van der Waals surface area contributed by atoms with Crippen molar-refractivity contribution in [2.75, 3.05) is 0 Å². The summed E-state index contributed by atoms with van der Waals surface area (Å²) in [5.74, 6) is 0.00132. The first-order valence-electron chi connectivity index (χ1n) is 9.16. The third-order valence-corrected chi connectivity index (χ3v) is 5.84. The second-order valence-electron chi connectivity index (χ2n) is 7.28. The average molecular weight is 410 g/mol. The predicted molar refractivity (Wildman–Crippen MR) is 104 cm³/mol. The molecule has 0 bridgehead atoms. The van der Waals surface area contributed by atoms with Gasteiger partial charge in [0.1, 0.15) is 10.2 Å². The highest BCUT2D eigenvalue weighted by Gasteiger charge is 2.28. The minimum atomic E-state index is -4.67. The third kappa shape index (κ3) is 3.54. The third-order valence-electron chi connectivity index (χ3n) is 5.49. The topological polar surface area (TPSA) is 91.3 Å². The monoisotopic (exact) mass is 409 g/mol. The molecule has 0 saturated heterocycles. The SMILES string of the molecule is Cc1ccc(-c2ccc3nc4c(C)cccc4cc3c2O[Cl+3]([O-])([O-])[O-])c(C)c1C. The maximum Gasteiger partial charge on any atom is 0.305 e. The minimum Gasteiger partial charge on any atom is -0.247 e. The van der Waals surface area contributed by atoms with E-state index < -0.39 is 10.2 Å². The van der Waals surface area contributed by atoms with Gasteiger partial charge in [-0.25, -0.2) is 4.98 Å². The number of nitrogens with zero attached hydrogens (tertiary/aromatic N) is 1. The summed E-state index contributed by atoms with van der Waals surface area (Å²) in [4.78, 5) is 4.68. The number of benzene rings is 3. The summed E-state index contributed by atoms with van der Waals surface area (Å²) in [6, 6.07) is 15.1. The molecule has 4 rings (SSSR count). The lowest BCUT2D eigenvalue weighted by Gasteiger charge is -2.18. The fourth-order valence-corrected chi connectivity index (χ4v) is 4.05. The lowest BCUT2D eigenvalue weighted by atomic mass is 9.92. The Labute approximate surface area is 170 Å². The number of rotatable bonds is 3. The van der Waals surface area contributed by atoms with E-state index in [-0.39, 0.29) is 5.75 Å². The van der Waals surface area contributed by atoms with Crippen LogP contribution in [0.2, 0.25) is 0 Å². The van der Waals surface area contributed by atoms with Gasteiger partial charge in [-0.15, -0.1) is 0 Å². The van der Waals surface area contributed by atoms with Crippen molar-refractivity contribution in [3.8, 4) is 16.9 Å². The number of aromatic nitrogens is 1. The fraction of sp³-hybridized carbons (Fsp3) is 0.174. The van der Waals surface area contributed by atoms with E-state index in [0.717, 1.165) is 38.7 Å². The van der Waals surface area contributed by atoms with Gasteiger partial charge in [0.05, 0.1) is 16.4 Å². The smallest absolute Gasteiger partial charge is 0.247 e. The van der Waals surface area contributed by atoms with E-state index in [2.05, 4.69) is 4.98 Å². The van der Waals surface area contributed by atoms with Crippen LogP contribution in [0, 0.1) is 37.9 Å². The Kier molecular flexibility index (Phi) is 4.71. The second kappa shape index (κ2) is 6.97. The molecule has 1 heterocycles.